The van der Waals surface area contributed by atoms with Gasteiger partial charge in [0.05, 0.1) is 18.7 Å². The Kier molecular flexibility index (Phi) is 5.96. The normalized spacial score (nSPS) is 17.5. The fraction of sp³-hybridized carbons (Fsp3) is 0.192. The summed E-state index contributed by atoms with van der Waals surface area (Å²) in [6.45, 7) is 3.72. The zero-order valence-electron chi connectivity index (χ0n) is 18.5. The van der Waals surface area contributed by atoms with Crippen LogP contribution in [0.4, 0.5) is 4.39 Å². The van der Waals surface area contributed by atoms with Crippen molar-refractivity contribution in [3.05, 3.63) is 100 Å². The van der Waals surface area contributed by atoms with Gasteiger partial charge in [0.15, 0.2) is 0 Å². The molecule has 6 nitrogen and oxygen atoms in total. The Hall–Kier alpha value is -4.00. The molecule has 2 heterocycles. The molecular weight excluding hydrogens is 423 g/mol. The van der Waals surface area contributed by atoms with E-state index >= 15 is 0 Å². The van der Waals surface area contributed by atoms with Crippen LogP contribution < -0.4 is 4.74 Å². The van der Waals surface area contributed by atoms with Crippen molar-refractivity contribution in [2.24, 2.45) is 0 Å². The number of Topliss-reactive ketones (excluding diaryl/α,β-unsaturated/α-hetero) is 1. The number of aromatic nitrogens is 1. The van der Waals surface area contributed by atoms with Crippen LogP contribution in [0.2, 0.25) is 0 Å². The molecule has 1 N–H and O–H groups in total. The number of benzene rings is 2. The van der Waals surface area contributed by atoms with Gasteiger partial charge < -0.3 is 14.7 Å². The summed E-state index contributed by atoms with van der Waals surface area (Å²) in [5.74, 6) is -1.60. The third-order valence-corrected chi connectivity index (χ3v) is 5.80. The number of rotatable bonds is 5. The number of hydrogen-bond donors (Lipinski definition) is 1. The number of nitrogens with zero attached hydrogens (tertiary/aromatic N) is 2. The van der Waals surface area contributed by atoms with Crippen molar-refractivity contribution in [2.75, 3.05) is 7.11 Å². The van der Waals surface area contributed by atoms with E-state index in [9.17, 15) is 19.1 Å². The van der Waals surface area contributed by atoms with Crippen molar-refractivity contribution in [3.8, 4) is 5.75 Å². The number of ketones is 1. The van der Waals surface area contributed by atoms with Gasteiger partial charge in [0, 0.05) is 24.5 Å². The Morgan fingerprint density at radius 2 is 1.85 bits per heavy atom. The molecule has 1 saturated heterocycles. The van der Waals surface area contributed by atoms with Crippen molar-refractivity contribution >= 4 is 17.4 Å². The lowest BCUT2D eigenvalue weighted by Gasteiger charge is -2.25. The first-order valence-corrected chi connectivity index (χ1v) is 10.4. The van der Waals surface area contributed by atoms with Crippen LogP contribution in [0.25, 0.3) is 5.76 Å². The molecule has 7 heteroatoms. The van der Waals surface area contributed by atoms with Gasteiger partial charge in [-0.05, 0) is 66.4 Å². The highest BCUT2D eigenvalue weighted by Gasteiger charge is 2.46. The zero-order valence-corrected chi connectivity index (χ0v) is 18.5. The van der Waals surface area contributed by atoms with Crippen LogP contribution in [0.1, 0.15) is 33.9 Å². The van der Waals surface area contributed by atoms with Crippen LogP contribution in [-0.4, -0.2) is 33.8 Å². The molecule has 1 atom stereocenters. The quantitative estimate of drug-likeness (QED) is 0.355. The molecule has 0 spiro atoms. The summed E-state index contributed by atoms with van der Waals surface area (Å²) < 4.78 is 19.0. The van der Waals surface area contributed by atoms with Crippen LogP contribution in [0.3, 0.4) is 0 Å². The summed E-state index contributed by atoms with van der Waals surface area (Å²) in [5, 5.41) is 11.3. The van der Waals surface area contributed by atoms with Crippen molar-refractivity contribution in [2.45, 2.75) is 26.4 Å². The number of aliphatic hydroxyl groups excluding tert-OH is 1. The summed E-state index contributed by atoms with van der Waals surface area (Å²) in [5.41, 5.74) is 3.09. The molecule has 4 rings (SSSR count). The van der Waals surface area contributed by atoms with Crippen LogP contribution in [0.15, 0.2) is 66.5 Å². The van der Waals surface area contributed by atoms with Gasteiger partial charge in [0.2, 0.25) is 0 Å². The topological polar surface area (TPSA) is 79.7 Å². The van der Waals surface area contributed by atoms with E-state index in [2.05, 4.69) is 4.98 Å². The Balaban J connectivity index is 1.89. The molecular formula is C26H23FN2O4. The summed E-state index contributed by atoms with van der Waals surface area (Å²) in [6, 6.07) is 11.7. The summed E-state index contributed by atoms with van der Waals surface area (Å²) in [7, 11) is 1.56. The van der Waals surface area contributed by atoms with Gasteiger partial charge in [-0.1, -0.05) is 18.2 Å². The molecule has 0 bridgehead atoms. The number of likely N-dealkylation sites (tertiary alicyclic amines) is 1. The lowest BCUT2D eigenvalue weighted by atomic mass is 9.93. The maximum Gasteiger partial charge on any atom is 0.295 e. The van der Waals surface area contributed by atoms with Crippen LogP contribution in [0.5, 0.6) is 5.75 Å². The Morgan fingerprint density at radius 1 is 1.12 bits per heavy atom. The number of carbonyl (C=O) groups excluding carboxylic acids is 2. The SMILES string of the molecule is COc1cc(C)c(/C(O)=C2\C(=O)C(=O)N(Cc3cccnc3)C2c2ccc(F)cc2)cc1C. The van der Waals surface area contributed by atoms with Crippen molar-refractivity contribution in [1.82, 2.24) is 9.88 Å². The van der Waals surface area contributed by atoms with Gasteiger partial charge >= 0.3 is 0 Å². The number of ether oxygens (including phenoxy) is 1. The average molecular weight is 446 g/mol. The molecule has 3 aromatic rings. The highest BCUT2D eigenvalue weighted by Crippen LogP contribution is 2.41. The minimum atomic E-state index is -0.882. The van der Waals surface area contributed by atoms with E-state index in [1.165, 1.54) is 29.2 Å². The second-order valence-electron chi connectivity index (χ2n) is 7.98. The third-order valence-electron chi connectivity index (χ3n) is 5.80. The van der Waals surface area contributed by atoms with Gasteiger partial charge in [-0.15, -0.1) is 0 Å². The number of carbonyl (C=O) groups is 2. The van der Waals surface area contributed by atoms with Crippen molar-refractivity contribution < 1.29 is 23.8 Å². The first-order valence-electron chi connectivity index (χ1n) is 10.4. The van der Waals surface area contributed by atoms with Gasteiger partial charge in [-0.3, -0.25) is 14.6 Å². The Labute approximate surface area is 191 Å². The molecule has 1 fully saturated rings. The molecule has 1 aliphatic rings. The standard InChI is InChI=1S/C26H23FN2O4/c1-15-12-21(33-3)16(2)11-20(15)24(30)22-23(18-6-8-19(27)9-7-18)29(26(32)25(22)31)14-17-5-4-10-28-13-17/h4-13,23,30H,14H2,1-3H3/b24-22+. The molecule has 1 aromatic heterocycles. The minimum absolute atomic E-state index is 0.0387. The number of amides is 1. The average Bonchev–Trinajstić information content (AvgIpc) is 3.06. The van der Waals surface area contributed by atoms with Crippen LogP contribution in [-0.2, 0) is 16.1 Å². The molecule has 0 aliphatic carbocycles. The Morgan fingerprint density at radius 3 is 2.48 bits per heavy atom. The van der Waals surface area contributed by atoms with Crippen molar-refractivity contribution in [1.29, 1.82) is 0 Å². The summed E-state index contributed by atoms with van der Waals surface area (Å²) >= 11 is 0. The highest BCUT2D eigenvalue weighted by atomic mass is 19.1. The minimum Gasteiger partial charge on any atom is -0.507 e. The van der Waals surface area contributed by atoms with Gasteiger partial charge in [0.1, 0.15) is 17.3 Å². The predicted molar refractivity (Wildman–Crippen MR) is 121 cm³/mol. The Bertz CT molecular complexity index is 1250. The second-order valence-corrected chi connectivity index (χ2v) is 7.98. The van der Waals surface area contributed by atoms with E-state index in [0.717, 1.165) is 11.1 Å². The highest BCUT2D eigenvalue weighted by molar-refractivity contribution is 6.46. The molecule has 2 aromatic carbocycles. The fourth-order valence-corrected chi connectivity index (χ4v) is 4.13. The van der Waals surface area contributed by atoms with Crippen LogP contribution in [0, 0.1) is 19.7 Å². The largest absolute Gasteiger partial charge is 0.507 e. The summed E-state index contributed by atoms with van der Waals surface area (Å²) in [6.07, 6.45) is 3.22. The van der Waals surface area contributed by atoms with Gasteiger partial charge in [-0.2, -0.15) is 0 Å². The monoisotopic (exact) mass is 446 g/mol. The summed E-state index contributed by atoms with van der Waals surface area (Å²) in [4.78, 5) is 31.7. The molecule has 168 valence electrons. The van der Waals surface area contributed by atoms with E-state index in [4.69, 9.17) is 4.74 Å². The van der Waals surface area contributed by atoms with E-state index in [1.807, 2.05) is 6.92 Å². The fourth-order valence-electron chi connectivity index (χ4n) is 4.13. The zero-order chi connectivity index (χ0) is 23.7. The van der Waals surface area contributed by atoms with E-state index in [1.54, 1.807) is 50.7 Å². The molecule has 1 unspecified atom stereocenters. The van der Waals surface area contributed by atoms with E-state index in [-0.39, 0.29) is 17.9 Å². The molecule has 1 aliphatic heterocycles. The first kappa shape index (κ1) is 22.2. The lowest BCUT2D eigenvalue weighted by Crippen LogP contribution is -2.29. The van der Waals surface area contributed by atoms with Crippen LogP contribution >= 0.6 is 0 Å². The maximum atomic E-state index is 13.6. The number of hydrogen-bond acceptors (Lipinski definition) is 5. The van der Waals surface area contributed by atoms with Crippen molar-refractivity contribution in [3.63, 3.8) is 0 Å². The predicted octanol–water partition coefficient (Wildman–Crippen LogP) is 4.47. The third kappa shape index (κ3) is 4.09. The molecule has 1 amide bonds. The smallest absolute Gasteiger partial charge is 0.295 e. The van der Waals surface area contributed by atoms with E-state index < -0.39 is 23.5 Å². The maximum absolute atomic E-state index is 13.6. The lowest BCUT2D eigenvalue weighted by molar-refractivity contribution is -0.140. The number of aliphatic hydroxyl groups is 1. The van der Waals surface area contributed by atoms with Gasteiger partial charge in [-0.25, -0.2) is 4.39 Å². The van der Waals surface area contributed by atoms with E-state index in [0.29, 0.717) is 22.4 Å². The number of pyridine rings is 1. The number of halogens is 1. The number of methoxy groups -OCH3 is 1. The first-order chi connectivity index (χ1) is 15.8. The molecule has 0 saturated carbocycles. The number of aryl methyl sites for hydroxylation is 2. The second kappa shape index (κ2) is 8.86. The molecule has 33 heavy (non-hydrogen) atoms. The molecule has 0 radical (unpaired) electrons. The van der Waals surface area contributed by atoms with Gasteiger partial charge in [0.25, 0.3) is 11.7 Å².